The Hall–Kier alpha value is -2.59. The zero-order valence-electron chi connectivity index (χ0n) is 14.9. The van der Waals surface area contributed by atoms with E-state index in [4.69, 9.17) is 9.47 Å². The molecule has 0 amide bonds. The molecule has 0 atom stereocenters. The van der Waals surface area contributed by atoms with E-state index in [0.29, 0.717) is 41.2 Å². The molecule has 0 aromatic carbocycles. The lowest BCUT2D eigenvalue weighted by atomic mass is 9.93. The van der Waals surface area contributed by atoms with Crippen molar-refractivity contribution in [2.45, 2.75) is 25.7 Å². The van der Waals surface area contributed by atoms with Crippen LogP contribution in [-0.2, 0) is 4.74 Å². The van der Waals surface area contributed by atoms with Gasteiger partial charge in [-0.2, -0.15) is 5.26 Å². The minimum atomic E-state index is -0.364. The number of ether oxygens (including phenoxy) is 2. The van der Waals surface area contributed by atoms with Crippen LogP contribution in [0.25, 0.3) is 11.0 Å². The quantitative estimate of drug-likeness (QED) is 0.828. The second kappa shape index (κ2) is 6.61. The van der Waals surface area contributed by atoms with Gasteiger partial charge in [-0.3, -0.25) is 4.79 Å². The smallest absolute Gasteiger partial charge is 0.268 e. The van der Waals surface area contributed by atoms with Crippen molar-refractivity contribution in [2.24, 2.45) is 5.41 Å². The van der Waals surface area contributed by atoms with Crippen LogP contribution in [0.15, 0.2) is 16.9 Å². The third-order valence-corrected chi connectivity index (χ3v) is 5.55. The second-order valence-corrected chi connectivity index (χ2v) is 7.16. The SMILES string of the molecule is COCCOc1ccc2[nH]c(=O)c(C#N)c(N3CCC4(CC3)CC4)c2n1. The lowest BCUT2D eigenvalue weighted by Crippen LogP contribution is -2.36. The molecule has 2 aromatic heterocycles. The van der Waals surface area contributed by atoms with Crippen LogP contribution in [0.5, 0.6) is 5.88 Å². The number of hydrogen-bond acceptors (Lipinski definition) is 6. The van der Waals surface area contributed by atoms with E-state index in [9.17, 15) is 10.1 Å². The minimum absolute atomic E-state index is 0.130. The van der Waals surface area contributed by atoms with Crippen LogP contribution in [0.3, 0.4) is 0 Å². The van der Waals surface area contributed by atoms with Crippen LogP contribution in [0.4, 0.5) is 5.69 Å². The fourth-order valence-corrected chi connectivity index (χ4v) is 3.74. The van der Waals surface area contributed by atoms with Gasteiger partial charge in [-0.1, -0.05) is 0 Å². The molecule has 0 radical (unpaired) electrons. The second-order valence-electron chi connectivity index (χ2n) is 7.16. The number of aromatic nitrogens is 2. The first kappa shape index (κ1) is 16.9. The summed E-state index contributed by atoms with van der Waals surface area (Å²) < 4.78 is 10.6. The fourth-order valence-electron chi connectivity index (χ4n) is 3.74. The molecule has 136 valence electrons. The zero-order chi connectivity index (χ0) is 18.1. The van der Waals surface area contributed by atoms with Gasteiger partial charge in [-0.25, -0.2) is 4.98 Å². The van der Waals surface area contributed by atoms with Crippen molar-refractivity contribution in [3.05, 3.63) is 28.0 Å². The predicted octanol–water partition coefficient (Wildman–Crippen LogP) is 2.20. The average molecular weight is 354 g/mol. The van der Waals surface area contributed by atoms with Gasteiger partial charge in [0.15, 0.2) is 0 Å². The Kier molecular flexibility index (Phi) is 4.29. The molecule has 2 aliphatic rings. The van der Waals surface area contributed by atoms with Gasteiger partial charge in [-0.15, -0.1) is 0 Å². The number of nitrogens with zero attached hydrogens (tertiary/aromatic N) is 3. The van der Waals surface area contributed by atoms with Crippen LogP contribution in [-0.4, -0.2) is 43.4 Å². The van der Waals surface area contributed by atoms with Gasteiger partial charge in [0.05, 0.1) is 17.8 Å². The Labute approximate surface area is 151 Å². The number of piperidine rings is 1. The molecular formula is C19H22N4O3. The molecule has 7 nitrogen and oxygen atoms in total. The Morgan fingerprint density at radius 2 is 2.04 bits per heavy atom. The molecule has 1 N–H and O–H groups in total. The van der Waals surface area contributed by atoms with Crippen molar-refractivity contribution in [3.8, 4) is 11.9 Å². The molecular weight excluding hydrogens is 332 g/mol. The van der Waals surface area contributed by atoms with Crippen LogP contribution >= 0.6 is 0 Å². The number of nitriles is 1. The van der Waals surface area contributed by atoms with E-state index in [0.717, 1.165) is 25.9 Å². The fraction of sp³-hybridized carbons (Fsp3) is 0.526. The van der Waals surface area contributed by atoms with E-state index in [1.54, 1.807) is 19.2 Å². The monoisotopic (exact) mass is 354 g/mol. The van der Waals surface area contributed by atoms with Crippen LogP contribution in [0.1, 0.15) is 31.2 Å². The van der Waals surface area contributed by atoms with E-state index in [1.807, 2.05) is 0 Å². The topological polar surface area (TPSA) is 91.2 Å². The first-order valence-corrected chi connectivity index (χ1v) is 9.00. The van der Waals surface area contributed by atoms with Crippen LogP contribution in [0, 0.1) is 16.7 Å². The highest BCUT2D eigenvalue weighted by molar-refractivity contribution is 5.91. The lowest BCUT2D eigenvalue weighted by Gasteiger charge is -2.34. The third kappa shape index (κ3) is 3.01. The lowest BCUT2D eigenvalue weighted by molar-refractivity contribution is 0.144. The normalized spacial score (nSPS) is 18.1. The molecule has 7 heteroatoms. The van der Waals surface area contributed by atoms with E-state index in [-0.39, 0.29) is 11.1 Å². The highest BCUT2D eigenvalue weighted by atomic mass is 16.5. The van der Waals surface area contributed by atoms with E-state index < -0.39 is 0 Å². The Bertz CT molecular complexity index is 917. The maximum atomic E-state index is 12.4. The molecule has 3 heterocycles. The zero-order valence-corrected chi connectivity index (χ0v) is 14.9. The number of methoxy groups -OCH3 is 1. The number of pyridine rings is 2. The molecule has 2 aromatic rings. The van der Waals surface area contributed by atoms with Crippen LogP contribution in [0.2, 0.25) is 0 Å². The molecule has 1 aliphatic carbocycles. The third-order valence-electron chi connectivity index (χ3n) is 5.55. The van der Waals surface area contributed by atoms with Crippen molar-refractivity contribution in [2.75, 3.05) is 38.3 Å². The highest BCUT2D eigenvalue weighted by Crippen LogP contribution is 2.54. The summed E-state index contributed by atoms with van der Waals surface area (Å²) in [5.74, 6) is 0.461. The minimum Gasteiger partial charge on any atom is -0.475 e. The standard InChI is InChI=1S/C19H22N4O3/c1-25-10-11-26-15-3-2-14-16(22-15)17(13(12-20)18(24)21-14)23-8-6-19(4-5-19)7-9-23/h2-3H,4-11H2,1H3,(H,21,24). The van der Waals surface area contributed by atoms with E-state index in [2.05, 4.69) is 20.9 Å². The molecule has 0 bridgehead atoms. The Balaban J connectivity index is 1.75. The summed E-state index contributed by atoms with van der Waals surface area (Å²) in [6, 6.07) is 5.58. The molecule has 1 aliphatic heterocycles. The molecule has 2 fully saturated rings. The number of aromatic amines is 1. The summed E-state index contributed by atoms with van der Waals surface area (Å²) in [6.45, 7) is 2.56. The Morgan fingerprint density at radius 3 is 2.69 bits per heavy atom. The Morgan fingerprint density at radius 1 is 1.27 bits per heavy atom. The molecule has 1 saturated heterocycles. The van der Waals surface area contributed by atoms with Gasteiger partial charge < -0.3 is 19.4 Å². The predicted molar refractivity (Wildman–Crippen MR) is 97.6 cm³/mol. The maximum absolute atomic E-state index is 12.4. The number of H-pyrrole nitrogens is 1. The summed E-state index contributed by atoms with van der Waals surface area (Å²) in [7, 11) is 1.61. The summed E-state index contributed by atoms with van der Waals surface area (Å²) in [5, 5.41) is 9.57. The van der Waals surface area contributed by atoms with Crippen molar-refractivity contribution in [1.29, 1.82) is 5.26 Å². The van der Waals surface area contributed by atoms with Gasteiger partial charge >= 0.3 is 0 Å². The van der Waals surface area contributed by atoms with Gasteiger partial charge in [-0.05, 0) is 37.2 Å². The van der Waals surface area contributed by atoms with Gasteiger partial charge in [0, 0.05) is 26.3 Å². The van der Waals surface area contributed by atoms with Gasteiger partial charge in [0.2, 0.25) is 5.88 Å². The summed E-state index contributed by atoms with van der Waals surface area (Å²) in [6.07, 6.45) is 4.82. The number of hydrogen-bond donors (Lipinski definition) is 1. The molecule has 1 saturated carbocycles. The summed E-state index contributed by atoms with van der Waals surface area (Å²) in [5.41, 5.74) is 2.15. The number of anilines is 1. The average Bonchev–Trinajstić information content (AvgIpc) is 3.41. The summed E-state index contributed by atoms with van der Waals surface area (Å²) >= 11 is 0. The molecule has 0 unspecified atom stereocenters. The number of fused-ring (bicyclic) bond motifs is 1. The van der Waals surface area contributed by atoms with Gasteiger partial charge in [0.25, 0.3) is 5.56 Å². The first-order valence-electron chi connectivity index (χ1n) is 9.00. The summed E-state index contributed by atoms with van der Waals surface area (Å²) in [4.78, 5) is 21.9. The largest absolute Gasteiger partial charge is 0.475 e. The molecule has 26 heavy (non-hydrogen) atoms. The van der Waals surface area contributed by atoms with Crippen molar-refractivity contribution < 1.29 is 9.47 Å². The molecule has 4 rings (SSSR count). The maximum Gasteiger partial charge on any atom is 0.268 e. The van der Waals surface area contributed by atoms with Crippen molar-refractivity contribution >= 4 is 16.7 Å². The number of rotatable bonds is 5. The molecule has 1 spiro atoms. The van der Waals surface area contributed by atoms with E-state index >= 15 is 0 Å². The first-order chi connectivity index (χ1) is 12.7. The van der Waals surface area contributed by atoms with Crippen molar-refractivity contribution in [1.82, 2.24) is 9.97 Å². The van der Waals surface area contributed by atoms with Gasteiger partial charge in [0.1, 0.15) is 23.8 Å². The number of nitrogens with one attached hydrogen (secondary N) is 1. The van der Waals surface area contributed by atoms with E-state index in [1.165, 1.54) is 12.8 Å². The van der Waals surface area contributed by atoms with Crippen LogP contribution < -0.4 is 15.2 Å². The van der Waals surface area contributed by atoms with Crippen molar-refractivity contribution in [3.63, 3.8) is 0 Å². The highest BCUT2D eigenvalue weighted by Gasteiger charge is 2.44.